The highest BCUT2D eigenvalue weighted by Crippen LogP contribution is 2.29. The van der Waals surface area contributed by atoms with Crippen LogP contribution in [0.1, 0.15) is 55.1 Å². The van der Waals surface area contributed by atoms with Crippen molar-refractivity contribution in [1.82, 2.24) is 24.4 Å². The van der Waals surface area contributed by atoms with E-state index in [1.54, 1.807) is 28.2 Å². The summed E-state index contributed by atoms with van der Waals surface area (Å²) in [5.74, 6) is -0.149. The number of fused-ring (bicyclic) bond motifs is 1. The highest BCUT2D eigenvalue weighted by molar-refractivity contribution is 6.30. The third-order valence-electron chi connectivity index (χ3n) is 7.31. The maximum atomic E-state index is 13.7. The number of nitrogens with one attached hydrogen (secondary N) is 2. The van der Waals surface area contributed by atoms with E-state index >= 15 is 0 Å². The lowest BCUT2D eigenvalue weighted by molar-refractivity contribution is 0.0904. The third kappa shape index (κ3) is 6.28. The van der Waals surface area contributed by atoms with Crippen LogP contribution in [0.15, 0.2) is 59.7 Å². The molecule has 0 spiro atoms. The van der Waals surface area contributed by atoms with Crippen LogP contribution in [0.5, 0.6) is 0 Å². The molecule has 4 aromatic rings. The zero-order valence-corrected chi connectivity index (χ0v) is 23.5. The molecule has 2 amide bonds. The Morgan fingerprint density at radius 1 is 1.07 bits per heavy atom. The number of nitrogens with zero attached hydrogens (tertiary/aromatic N) is 4. The van der Waals surface area contributed by atoms with Crippen LogP contribution in [-0.2, 0) is 11.3 Å². The number of carbonyl (C=O) groups is 2. The Balaban J connectivity index is 1.28. The minimum Gasteiger partial charge on any atom is -0.450 e. The number of para-hydroxylation sites is 2. The Bertz CT molecular complexity index is 1650. The number of aromatic nitrogens is 4. The summed E-state index contributed by atoms with van der Waals surface area (Å²) >= 11 is 5.89. The lowest BCUT2D eigenvalue weighted by Crippen LogP contribution is -2.39. The summed E-state index contributed by atoms with van der Waals surface area (Å²) in [6, 6.07) is 11.8. The number of ether oxygens (including phenoxy) is 1. The van der Waals surface area contributed by atoms with Gasteiger partial charge in [0.25, 0.3) is 12.3 Å². The molecule has 2 N–H and O–H groups in total. The molecule has 10 nitrogen and oxygen atoms in total. The molecule has 1 aliphatic carbocycles. The maximum Gasteiger partial charge on any atom is 0.412 e. The molecule has 0 radical (unpaired) electrons. The van der Waals surface area contributed by atoms with Gasteiger partial charge in [-0.15, -0.1) is 0 Å². The number of halogens is 3. The molecule has 1 aliphatic rings. The van der Waals surface area contributed by atoms with Crippen molar-refractivity contribution in [2.75, 3.05) is 11.9 Å². The largest absolute Gasteiger partial charge is 0.450 e. The molecular formula is C29H29ClF2N6O4. The molecule has 0 atom stereocenters. The standard InChI is InChI=1S/C29H29ClF2N6O4/c1-2-42-28(40)36-24-12-11-20(15-33-24)38-23-6-4-3-5-22(23)37(29(38)41)16-17-7-9-19(10-8-17)35-27(39)21-13-18(30)14-34-25(21)26(31)32/h3-6,11-15,17,19,26H,2,7-10,16H2,1H3,(H,35,39)(H,33,36,40). The fraction of sp³-hybridized carbons (Fsp3) is 0.345. The lowest BCUT2D eigenvalue weighted by atomic mass is 9.85. The normalized spacial score (nSPS) is 16.9. The van der Waals surface area contributed by atoms with Gasteiger partial charge in [-0.3, -0.25) is 24.2 Å². The number of hydrogen-bond acceptors (Lipinski definition) is 6. The van der Waals surface area contributed by atoms with Gasteiger partial charge in [0, 0.05) is 18.8 Å². The molecule has 1 saturated carbocycles. The van der Waals surface area contributed by atoms with Gasteiger partial charge in [0.1, 0.15) is 11.5 Å². The summed E-state index contributed by atoms with van der Waals surface area (Å²) in [6.07, 6.45) is 1.86. The molecule has 0 bridgehead atoms. The van der Waals surface area contributed by atoms with Crippen molar-refractivity contribution < 1.29 is 23.1 Å². The fourth-order valence-electron chi connectivity index (χ4n) is 5.31. The van der Waals surface area contributed by atoms with E-state index in [0.29, 0.717) is 30.9 Å². The van der Waals surface area contributed by atoms with Crippen LogP contribution in [0.3, 0.4) is 0 Å². The number of pyridine rings is 2. The predicted molar refractivity (Wildman–Crippen MR) is 153 cm³/mol. The van der Waals surface area contributed by atoms with Gasteiger partial charge in [0.2, 0.25) is 0 Å². The number of amides is 2. The van der Waals surface area contributed by atoms with Gasteiger partial charge in [-0.1, -0.05) is 23.7 Å². The van der Waals surface area contributed by atoms with Crippen molar-refractivity contribution in [2.45, 2.75) is 51.6 Å². The molecule has 0 saturated heterocycles. The summed E-state index contributed by atoms with van der Waals surface area (Å²) in [7, 11) is 0. The smallest absolute Gasteiger partial charge is 0.412 e. The van der Waals surface area contributed by atoms with E-state index in [1.165, 1.54) is 12.3 Å². The van der Waals surface area contributed by atoms with Crippen molar-refractivity contribution >= 4 is 40.5 Å². The molecule has 220 valence electrons. The third-order valence-corrected chi connectivity index (χ3v) is 7.51. The van der Waals surface area contributed by atoms with E-state index in [4.69, 9.17) is 16.3 Å². The second kappa shape index (κ2) is 12.7. The Labute approximate surface area is 244 Å². The first kappa shape index (κ1) is 29.2. The van der Waals surface area contributed by atoms with Crippen LogP contribution < -0.4 is 16.3 Å². The average molecular weight is 599 g/mol. The van der Waals surface area contributed by atoms with E-state index in [9.17, 15) is 23.2 Å². The van der Waals surface area contributed by atoms with Crippen LogP contribution in [0.4, 0.5) is 19.4 Å². The first-order valence-electron chi connectivity index (χ1n) is 13.6. The van der Waals surface area contributed by atoms with Gasteiger partial charge in [-0.25, -0.2) is 23.4 Å². The summed E-state index contributed by atoms with van der Waals surface area (Å²) in [4.78, 5) is 46.0. The minimum absolute atomic E-state index is 0.109. The molecule has 13 heteroatoms. The average Bonchev–Trinajstić information content (AvgIpc) is 3.25. The Hall–Kier alpha value is -4.32. The maximum absolute atomic E-state index is 13.7. The monoisotopic (exact) mass is 598 g/mol. The van der Waals surface area contributed by atoms with Crippen molar-refractivity contribution in [3.8, 4) is 5.69 Å². The first-order chi connectivity index (χ1) is 20.2. The number of hydrogen-bond donors (Lipinski definition) is 2. The summed E-state index contributed by atoms with van der Waals surface area (Å²) in [5.41, 5.74) is 1.02. The number of anilines is 1. The second-order valence-corrected chi connectivity index (χ2v) is 10.5. The molecule has 3 aromatic heterocycles. The number of benzene rings is 1. The predicted octanol–water partition coefficient (Wildman–Crippen LogP) is 5.73. The lowest BCUT2D eigenvalue weighted by Gasteiger charge is -2.29. The molecule has 3 heterocycles. The Kier molecular flexibility index (Phi) is 8.81. The SMILES string of the molecule is CCOC(=O)Nc1ccc(-n2c(=O)n(CC3CCC(NC(=O)c4cc(Cl)cnc4C(F)F)CC3)c3ccccc32)cn1. The number of carbonyl (C=O) groups excluding carboxylic acids is 2. The number of rotatable bonds is 8. The van der Waals surface area contributed by atoms with Crippen LogP contribution in [0.2, 0.25) is 5.02 Å². The number of imidazole rings is 1. The highest BCUT2D eigenvalue weighted by atomic mass is 35.5. The highest BCUT2D eigenvalue weighted by Gasteiger charge is 2.27. The van der Waals surface area contributed by atoms with Crippen molar-refractivity contribution in [2.24, 2.45) is 5.92 Å². The number of alkyl halides is 2. The molecule has 1 aromatic carbocycles. The van der Waals surface area contributed by atoms with Gasteiger partial charge in [0.15, 0.2) is 0 Å². The first-order valence-corrected chi connectivity index (χ1v) is 14.0. The minimum atomic E-state index is -2.89. The van der Waals surface area contributed by atoms with Crippen LogP contribution in [-0.4, -0.2) is 43.8 Å². The van der Waals surface area contributed by atoms with E-state index in [2.05, 4.69) is 20.6 Å². The van der Waals surface area contributed by atoms with Gasteiger partial charge in [0.05, 0.1) is 40.1 Å². The summed E-state index contributed by atoms with van der Waals surface area (Å²) in [5, 5.41) is 5.49. The second-order valence-electron chi connectivity index (χ2n) is 10.0. The zero-order chi connectivity index (χ0) is 29.8. The van der Waals surface area contributed by atoms with Gasteiger partial charge in [-0.05, 0) is 68.9 Å². The summed E-state index contributed by atoms with van der Waals surface area (Å²) in [6.45, 7) is 2.42. The molecule has 42 heavy (non-hydrogen) atoms. The molecule has 0 aliphatic heterocycles. The topological polar surface area (TPSA) is 120 Å². The van der Waals surface area contributed by atoms with Gasteiger partial charge in [-0.2, -0.15) is 0 Å². The molecule has 1 fully saturated rings. The van der Waals surface area contributed by atoms with Crippen molar-refractivity contribution in [3.63, 3.8) is 0 Å². The van der Waals surface area contributed by atoms with E-state index in [-0.39, 0.29) is 34.8 Å². The quantitative estimate of drug-likeness (QED) is 0.267. The van der Waals surface area contributed by atoms with E-state index < -0.39 is 24.1 Å². The van der Waals surface area contributed by atoms with Gasteiger partial charge >= 0.3 is 11.8 Å². The van der Waals surface area contributed by atoms with Crippen molar-refractivity contribution in [3.05, 3.63) is 81.6 Å². The molecule has 0 unspecified atom stereocenters. The summed E-state index contributed by atoms with van der Waals surface area (Å²) < 4.78 is 34.9. The van der Waals surface area contributed by atoms with Crippen LogP contribution in [0.25, 0.3) is 16.7 Å². The Morgan fingerprint density at radius 3 is 2.48 bits per heavy atom. The Morgan fingerprint density at radius 2 is 1.81 bits per heavy atom. The van der Waals surface area contributed by atoms with Crippen LogP contribution in [0, 0.1) is 5.92 Å². The van der Waals surface area contributed by atoms with E-state index in [0.717, 1.165) is 30.1 Å². The molecule has 5 rings (SSSR count). The van der Waals surface area contributed by atoms with E-state index in [1.807, 2.05) is 24.3 Å². The van der Waals surface area contributed by atoms with Crippen LogP contribution >= 0.6 is 11.6 Å². The van der Waals surface area contributed by atoms with Gasteiger partial charge < -0.3 is 10.1 Å². The van der Waals surface area contributed by atoms with Crippen molar-refractivity contribution in [1.29, 1.82) is 0 Å². The molecular weight excluding hydrogens is 570 g/mol. The fourth-order valence-corrected chi connectivity index (χ4v) is 5.47. The zero-order valence-electron chi connectivity index (χ0n) is 22.7.